The Balaban J connectivity index is 1.66. The largest absolute Gasteiger partial charge is 0.480 e. The van der Waals surface area contributed by atoms with Gasteiger partial charge in [-0.3, -0.25) is 24.6 Å². The zero-order valence-corrected chi connectivity index (χ0v) is 15.0. The van der Waals surface area contributed by atoms with E-state index in [0.717, 1.165) is 31.6 Å². The highest BCUT2D eigenvalue weighted by molar-refractivity contribution is 6.01. The third-order valence-electron chi connectivity index (χ3n) is 5.37. The van der Waals surface area contributed by atoms with E-state index in [1.165, 1.54) is 5.56 Å². The number of carbonyl (C=O) groups excluding carboxylic acids is 2. The number of carboxylic acids is 1. The molecule has 1 atom stereocenters. The number of carboxylic acid groups (broad SMARTS) is 1. The standard InChI is InChI=1S/C19H25N3O4/c1-21(16-5-6-17(23)20-19(16)26)15-4-2-3-14(11-15)13-7-9-22(10-8-13)12-18(24)25/h2-4,11,13,16H,5-10,12H2,1H3,(H,24,25)(H,20,23,26)/t16-/m0/s1. The van der Waals surface area contributed by atoms with E-state index in [4.69, 9.17) is 5.11 Å². The van der Waals surface area contributed by atoms with E-state index in [1.807, 2.05) is 29.0 Å². The van der Waals surface area contributed by atoms with Gasteiger partial charge in [0, 0.05) is 19.2 Å². The normalized spacial score (nSPS) is 22.1. The van der Waals surface area contributed by atoms with Crippen LogP contribution in [0.5, 0.6) is 0 Å². The van der Waals surface area contributed by atoms with Crippen LogP contribution in [-0.2, 0) is 14.4 Å². The summed E-state index contributed by atoms with van der Waals surface area (Å²) in [5.41, 5.74) is 2.18. The van der Waals surface area contributed by atoms with Crippen LogP contribution in [0.3, 0.4) is 0 Å². The summed E-state index contributed by atoms with van der Waals surface area (Å²) in [4.78, 5) is 38.2. The number of aliphatic carboxylic acids is 1. The summed E-state index contributed by atoms with van der Waals surface area (Å²) in [7, 11) is 1.88. The maximum atomic E-state index is 12.1. The van der Waals surface area contributed by atoms with Gasteiger partial charge in [0.25, 0.3) is 0 Å². The molecule has 1 aromatic carbocycles. The fraction of sp³-hybridized carbons (Fsp3) is 0.526. The first kappa shape index (κ1) is 18.4. The summed E-state index contributed by atoms with van der Waals surface area (Å²) in [5, 5.41) is 11.3. The lowest BCUT2D eigenvalue weighted by molar-refractivity contribution is -0.138. The zero-order chi connectivity index (χ0) is 18.7. The minimum absolute atomic E-state index is 0.102. The molecule has 2 saturated heterocycles. The van der Waals surface area contributed by atoms with Crippen molar-refractivity contribution in [1.82, 2.24) is 10.2 Å². The Hall–Kier alpha value is -2.41. The van der Waals surface area contributed by atoms with Crippen LogP contribution >= 0.6 is 0 Å². The molecule has 0 unspecified atom stereocenters. The highest BCUT2D eigenvalue weighted by Crippen LogP contribution is 2.31. The average Bonchev–Trinajstić information content (AvgIpc) is 2.61. The molecule has 2 amide bonds. The van der Waals surface area contributed by atoms with Crippen molar-refractivity contribution in [1.29, 1.82) is 0 Å². The van der Waals surface area contributed by atoms with Crippen molar-refractivity contribution in [2.24, 2.45) is 0 Å². The Kier molecular flexibility index (Phi) is 5.56. The Morgan fingerprint density at radius 1 is 1.27 bits per heavy atom. The molecule has 2 aliphatic heterocycles. The van der Waals surface area contributed by atoms with Gasteiger partial charge in [-0.1, -0.05) is 12.1 Å². The molecule has 0 saturated carbocycles. The second kappa shape index (κ2) is 7.86. The first-order valence-corrected chi connectivity index (χ1v) is 9.04. The number of hydrogen-bond donors (Lipinski definition) is 2. The van der Waals surface area contributed by atoms with Crippen molar-refractivity contribution in [2.75, 3.05) is 31.6 Å². The summed E-state index contributed by atoms with van der Waals surface area (Å²) in [6, 6.07) is 7.85. The van der Waals surface area contributed by atoms with Gasteiger partial charge >= 0.3 is 5.97 Å². The van der Waals surface area contributed by atoms with Gasteiger partial charge in [0.15, 0.2) is 0 Å². The predicted molar refractivity (Wildman–Crippen MR) is 97.1 cm³/mol. The molecule has 26 heavy (non-hydrogen) atoms. The van der Waals surface area contributed by atoms with Crippen LogP contribution in [-0.4, -0.2) is 60.5 Å². The molecule has 0 spiro atoms. The number of anilines is 1. The number of hydrogen-bond acceptors (Lipinski definition) is 5. The minimum Gasteiger partial charge on any atom is -0.480 e. The van der Waals surface area contributed by atoms with E-state index < -0.39 is 5.97 Å². The molecule has 2 N–H and O–H groups in total. The van der Waals surface area contributed by atoms with Gasteiger partial charge in [0.1, 0.15) is 6.04 Å². The summed E-state index contributed by atoms with van der Waals surface area (Å²) >= 11 is 0. The molecule has 0 bridgehead atoms. The van der Waals surface area contributed by atoms with E-state index >= 15 is 0 Å². The van der Waals surface area contributed by atoms with Gasteiger partial charge in [-0.15, -0.1) is 0 Å². The van der Waals surface area contributed by atoms with Crippen LogP contribution < -0.4 is 10.2 Å². The van der Waals surface area contributed by atoms with Crippen molar-refractivity contribution in [2.45, 2.75) is 37.6 Å². The molecule has 0 aliphatic carbocycles. The first-order chi connectivity index (χ1) is 12.4. The van der Waals surface area contributed by atoms with E-state index in [-0.39, 0.29) is 24.4 Å². The van der Waals surface area contributed by atoms with E-state index in [0.29, 0.717) is 18.8 Å². The third-order valence-corrected chi connectivity index (χ3v) is 5.37. The van der Waals surface area contributed by atoms with Gasteiger partial charge in [-0.05, 0) is 56.0 Å². The van der Waals surface area contributed by atoms with Gasteiger partial charge in [-0.25, -0.2) is 0 Å². The van der Waals surface area contributed by atoms with Crippen molar-refractivity contribution in [3.8, 4) is 0 Å². The molecule has 0 radical (unpaired) electrons. The number of amides is 2. The number of nitrogens with zero attached hydrogens (tertiary/aromatic N) is 2. The Labute approximate surface area is 153 Å². The summed E-state index contributed by atoms with van der Waals surface area (Å²) in [6.45, 7) is 1.67. The molecular weight excluding hydrogens is 334 g/mol. The van der Waals surface area contributed by atoms with Gasteiger partial charge < -0.3 is 10.0 Å². The smallest absolute Gasteiger partial charge is 0.317 e. The van der Waals surface area contributed by atoms with Crippen LogP contribution in [0.2, 0.25) is 0 Å². The predicted octanol–water partition coefficient (Wildman–Crippen LogP) is 1.19. The van der Waals surface area contributed by atoms with E-state index in [1.54, 1.807) is 0 Å². The summed E-state index contributed by atoms with van der Waals surface area (Å²) in [6.07, 6.45) is 2.75. The van der Waals surface area contributed by atoms with Crippen molar-refractivity contribution in [3.63, 3.8) is 0 Å². The topological polar surface area (TPSA) is 89.9 Å². The lowest BCUT2D eigenvalue weighted by Gasteiger charge is -2.33. The number of piperidine rings is 2. The maximum absolute atomic E-state index is 12.1. The fourth-order valence-corrected chi connectivity index (χ4v) is 3.85. The monoisotopic (exact) mass is 359 g/mol. The number of likely N-dealkylation sites (tertiary alicyclic amines) is 1. The number of rotatable bonds is 5. The van der Waals surface area contributed by atoms with Crippen LogP contribution in [0.25, 0.3) is 0 Å². The quantitative estimate of drug-likeness (QED) is 0.768. The van der Waals surface area contributed by atoms with Gasteiger partial charge in [0.05, 0.1) is 6.54 Å². The van der Waals surface area contributed by atoms with Crippen molar-refractivity contribution >= 4 is 23.5 Å². The molecule has 7 nitrogen and oxygen atoms in total. The highest BCUT2D eigenvalue weighted by atomic mass is 16.4. The molecule has 2 heterocycles. The zero-order valence-electron chi connectivity index (χ0n) is 15.0. The van der Waals surface area contributed by atoms with Gasteiger partial charge in [-0.2, -0.15) is 0 Å². The van der Waals surface area contributed by atoms with Crippen molar-refractivity contribution < 1.29 is 19.5 Å². The number of nitrogens with one attached hydrogen (secondary N) is 1. The van der Waals surface area contributed by atoms with Crippen molar-refractivity contribution in [3.05, 3.63) is 29.8 Å². The molecule has 2 fully saturated rings. The third kappa shape index (κ3) is 4.22. The number of benzene rings is 1. The molecular formula is C19H25N3O4. The average molecular weight is 359 g/mol. The van der Waals surface area contributed by atoms with Crippen LogP contribution in [0, 0.1) is 0 Å². The van der Waals surface area contributed by atoms with Crippen LogP contribution in [0.15, 0.2) is 24.3 Å². The highest BCUT2D eigenvalue weighted by Gasteiger charge is 2.30. The molecule has 7 heteroatoms. The van der Waals surface area contributed by atoms with Crippen LogP contribution in [0.1, 0.15) is 37.2 Å². The van der Waals surface area contributed by atoms with E-state index in [2.05, 4.69) is 17.4 Å². The molecule has 0 aromatic heterocycles. The fourth-order valence-electron chi connectivity index (χ4n) is 3.85. The van der Waals surface area contributed by atoms with E-state index in [9.17, 15) is 14.4 Å². The minimum atomic E-state index is -0.781. The lowest BCUT2D eigenvalue weighted by atomic mass is 9.89. The number of likely N-dealkylation sites (N-methyl/N-ethyl adjacent to an activating group) is 1. The van der Waals surface area contributed by atoms with Gasteiger partial charge in [0.2, 0.25) is 11.8 Å². The Morgan fingerprint density at radius 3 is 2.65 bits per heavy atom. The maximum Gasteiger partial charge on any atom is 0.317 e. The number of carbonyl (C=O) groups is 3. The second-order valence-electron chi connectivity index (χ2n) is 7.12. The first-order valence-electron chi connectivity index (χ1n) is 9.04. The SMILES string of the molecule is CN(c1cccc(C2CCN(CC(=O)O)CC2)c1)[C@H]1CCC(=O)NC1=O. The molecule has 140 valence electrons. The Bertz CT molecular complexity index is 698. The molecule has 3 rings (SSSR count). The number of imide groups is 1. The summed E-state index contributed by atoms with van der Waals surface area (Å²) in [5.74, 6) is -0.830. The molecule has 1 aromatic rings. The summed E-state index contributed by atoms with van der Waals surface area (Å²) < 4.78 is 0. The molecule has 2 aliphatic rings. The lowest BCUT2D eigenvalue weighted by Crippen LogP contribution is -2.51. The Morgan fingerprint density at radius 2 is 2.00 bits per heavy atom. The van der Waals surface area contributed by atoms with Crippen LogP contribution in [0.4, 0.5) is 5.69 Å². The second-order valence-corrected chi connectivity index (χ2v) is 7.12.